The van der Waals surface area contributed by atoms with Crippen LogP contribution < -0.4 is 0 Å². The van der Waals surface area contributed by atoms with E-state index in [0.717, 1.165) is 25.8 Å². The Hall–Kier alpha value is -1.45. The Morgan fingerprint density at radius 3 is 2.65 bits per heavy atom. The lowest BCUT2D eigenvalue weighted by molar-refractivity contribution is -0.439. The van der Waals surface area contributed by atoms with Gasteiger partial charge in [0.15, 0.2) is 5.71 Å². The average Bonchev–Trinajstić information content (AvgIpc) is 3.13. The van der Waals surface area contributed by atoms with Crippen molar-refractivity contribution >= 4 is 22.7 Å². The molecule has 0 radical (unpaired) electrons. The van der Waals surface area contributed by atoms with Gasteiger partial charge in [-0.15, -0.1) is 11.3 Å². The molecule has 23 heavy (non-hydrogen) atoms. The molecule has 122 valence electrons. The Morgan fingerprint density at radius 1 is 1.13 bits per heavy atom. The largest absolute Gasteiger partial charge is 0.396 e. The number of unbranched alkanes of at least 4 members (excludes halogenated alkanes) is 2. The summed E-state index contributed by atoms with van der Waals surface area (Å²) in [4.78, 5) is 1.34. The Morgan fingerprint density at radius 2 is 1.96 bits per heavy atom. The van der Waals surface area contributed by atoms with Crippen LogP contribution in [0.4, 0.5) is 5.69 Å². The highest BCUT2D eigenvalue weighted by Crippen LogP contribution is 2.42. The molecule has 2 aromatic rings. The van der Waals surface area contributed by atoms with E-state index in [0.29, 0.717) is 6.61 Å². The average molecular weight is 329 g/mol. The summed E-state index contributed by atoms with van der Waals surface area (Å²) >= 11 is 1.80. The van der Waals surface area contributed by atoms with E-state index in [1.54, 1.807) is 11.3 Å². The Labute approximate surface area is 143 Å². The van der Waals surface area contributed by atoms with Crippen LogP contribution in [0.2, 0.25) is 0 Å². The van der Waals surface area contributed by atoms with Gasteiger partial charge in [-0.2, -0.15) is 4.58 Å². The van der Waals surface area contributed by atoms with Gasteiger partial charge in [0.2, 0.25) is 5.69 Å². The molecule has 1 aromatic carbocycles. The summed E-state index contributed by atoms with van der Waals surface area (Å²) in [6.45, 7) is 8.26. The van der Waals surface area contributed by atoms with Crippen LogP contribution in [-0.4, -0.2) is 28.5 Å². The van der Waals surface area contributed by atoms with Gasteiger partial charge >= 0.3 is 0 Å². The topological polar surface area (TPSA) is 23.2 Å². The molecule has 0 unspecified atom stereocenters. The smallest absolute Gasteiger partial charge is 0.209 e. The van der Waals surface area contributed by atoms with Crippen LogP contribution in [0.1, 0.15) is 45.6 Å². The summed E-state index contributed by atoms with van der Waals surface area (Å²) in [6.07, 6.45) is 3.11. The second kappa shape index (κ2) is 6.58. The van der Waals surface area contributed by atoms with E-state index in [2.05, 4.69) is 61.1 Å². The van der Waals surface area contributed by atoms with Crippen LogP contribution in [0.5, 0.6) is 0 Å². The quantitative estimate of drug-likeness (QED) is 0.587. The van der Waals surface area contributed by atoms with E-state index in [-0.39, 0.29) is 5.41 Å². The molecule has 1 aliphatic rings. The van der Waals surface area contributed by atoms with E-state index in [4.69, 9.17) is 5.11 Å². The van der Waals surface area contributed by atoms with Gasteiger partial charge in [0, 0.05) is 36.5 Å². The highest BCUT2D eigenvalue weighted by molar-refractivity contribution is 7.13. The first-order valence-electron chi connectivity index (χ1n) is 8.46. The maximum Gasteiger partial charge on any atom is 0.209 e. The van der Waals surface area contributed by atoms with Gasteiger partial charge in [0.05, 0.1) is 5.41 Å². The summed E-state index contributed by atoms with van der Waals surface area (Å²) in [5, 5.41) is 11.1. The monoisotopic (exact) mass is 328 g/mol. The molecule has 2 heterocycles. The van der Waals surface area contributed by atoms with Crippen molar-refractivity contribution < 1.29 is 9.68 Å². The zero-order valence-corrected chi connectivity index (χ0v) is 15.1. The molecule has 3 heteroatoms. The van der Waals surface area contributed by atoms with Gasteiger partial charge in [0.25, 0.3) is 0 Å². The lowest BCUT2D eigenvalue weighted by Gasteiger charge is -2.15. The third-order valence-electron chi connectivity index (χ3n) is 5.12. The van der Waals surface area contributed by atoms with Gasteiger partial charge in [-0.3, -0.25) is 0 Å². The van der Waals surface area contributed by atoms with Crippen LogP contribution in [-0.2, 0) is 5.41 Å². The molecule has 2 nitrogen and oxygen atoms in total. The standard InChI is InChI=1S/C20H26NOS/c1-15-20(2,3)17-14-16(19-8-7-13-23-19)9-10-18(17)21(15)11-5-4-6-12-22/h7-10,13-14,22H,4-6,11-12H2,1-3H3/q+1. The number of benzene rings is 1. The third kappa shape index (κ3) is 3.00. The van der Waals surface area contributed by atoms with Crippen LogP contribution in [0.3, 0.4) is 0 Å². The van der Waals surface area contributed by atoms with Gasteiger partial charge in [-0.05, 0) is 55.8 Å². The maximum atomic E-state index is 8.95. The van der Waals surface area contributed by atoms with Crippen LogP contribution >= 0.6 is 11.3 Å². The zero-order valence-electron chi connectivity index (χ0n) is 14.3. The number of fused-ring (bicyclic) bond motifs is 1. The lowest BCUT2D eigenvalue weighted by Crippen LogP contribution is -2.26. The first kappa shape index (κ1) is 16.4. The summed E-state index contributed by atoms with van der Waals surface area (Å²) in [7, 11) is 0. The molecular formula is C20H26NOS+. The van der Waals surface area contributed by atoms with Crippen molar-refractivity contribution in [3.63, 3.8) is 0 Å². The van der Waals surface area contributed by atoms with Crippen molar-refractivity contribution in [2.45, 2.75) is 45.4 Å². The van der Waals surface area contributed by atoms with Crippen molar-refractivity contribution in [3.05, 3.63) is 41.3 Å². The molecule has 0 aliphatic carbocycles. The molecule has 0 fully saturated rings. The second-order valence-corrected chi connectivity index (χ2v) is 7.80. The van der Waals surface area contributed by atoms with Crippen molar-refractivity contribution in [1.29, 1.82) is 0 Å². The lowest BCUT2D eigenvalue weighted by atomic mass is 9.81. The highest BCUT2D eigenvalue weighted by Gasteiger charge is 2.42. The normalized spacial score (nSPS) is 16.0. The fourth-order valence-corrected chi connectivity index (χ4v) is 4.15. The Balaban J connectivity index is 1.92. The first-order valence-corrected chi connectivity index (χ1v) is 9.34. The van der Waals surface area contributed by atoms with Crippen LogP contribution in [0.15, 0.2) is 35.7 Å². The van der Waals surface area contributed by atoms with Crippen molar-refractivity contribution in [3.8, 4) is 10.4 Å². The minimum Gasteiger partial charge on any atom is -0.396 e. The number of nitrogens with zero attached hydrogens (tertiary/aromatic N) is 1. The Kier molecular flexibility index (Phi) is 4.69. The van der Waals surface area contributed by atoms with Gasteiger partial charge in [-0.1, -0.05) is 6.07 Å². The minimum absolute atomic E-state index is 0.0829. The van der Waals surface area contributed by atoms with Gasteiger partial charge in [0.1, 0.15) is 6.54 Å². The summed E-state index contributed by atoms with van der Waals surface area (Å²) < 4.78 is 2.48. The van der Waals surface area contributed by atoms with Crippen molar-refractivity contribution in [2.24, 2.45) is 0 Å². The summed E-state index contributed by atoms with van der Waals surface area (Å²) in [5.74, 6) is 0. The number of aliphatic hydroxyl groups excluding tert-OH is 1. The SMILES string of the molecule is CC1=[N+](CCCCCO)c2ccc(-c3cccs3)cc2C1(C)C. The number of thiophene rings is 1. The minimum atomic E-state index is 0.0829. The fraction of sp³-hybridized carbons (Fsp3) is 0.450. The van der Waals surface area contributed by atoms with E-state index in [9.17, 15) is 0 Å². The van der Waals surface area contributed by atoms with Gasteiger partial charge < -0.3 is 5.11 Å². The van der Waals surface area contributed by atoms with E-state index < -0.39 is 0 Å². The fourth-order valence-electron chi connectivity index (χ4n) is 3.43. The molecule has 0 amide bonds. The first-order chi connectivity index (χ1) is 11.1. The van der Waals surface area contributed by atoms with E-state index >= 15 is 0 Å². The molecule has 0 bridgehead atoms. The van der Waals surface area contributed by atoms with E-state index in [1.165, 1.54) is 27.4 Å². The number of hydrogen-bond donors (Lipinski definition) is 1. The molecule has 0 saturated heterocycles. The molecule has 1 aliphatic heterocycles. The molecule has 0 saturated carbocycles. The number of aliphatic hydroxyl groups is 1. The second-order valence-electron chi connectivity index (χ2n) is 6.86. The summed E-state index contributed by atoms with van der Waals surface area (Å²) in [5.41, 5.74) is 5.63. The molecule has 3 rings (SSSR count). The summed E-state index contributed by atoms with van der Waals surface area (Å²) in [6, 6.07) is 11.2. The molecular weight excluding hydrogens is 302 g/mol. The predicted octanol–water partition coefficient (Wildman–Crippen LogP) is 4.97. The zero-order chi connectivity index (χ0) is 16.4. The van der Waals surface area contributed by atoms with Gasteiger partial charge in [-0.25, -0.2) is 0 Å². The number of rotatable bonds is 6. The third-order valence-corrected chi connectivity index (χ3v) is 6.03. The van der Waals surface area contributed by atoms with Crippen molar-refractivity contribution in [1.82, 2.24) is 0 Å². The molecule has 0 spiro atoms. The predicted molar refractivity (Wildman–Crippen MR) is 99.2 cm³/mol. The van der Waals surface area contributed by atoms with Crippen LogP contribution in [0.25, 0.3) is 10.4 Å². The maximum absolute atomic E-state index is 8.95. The van der Waals surface area contributed by atoms with Crippen LogP contribution in [0, 0.1) is 0 Å². The highest BCUT2D eigenvalue weighted by atomic mass is 32.1. The Bertz CT molecular complexity index is 713. The number of hydrogen-bond acceptors (Lipinski definition) is 2. The molecule has 0 atom stereocenters. The molecule has 1 N–H and O–H groups in total. The van der Waals surface area contributed by atoms with Crippen molar-refractivity contribution in [2.75, 3.05) is 13.2 Å². The van der Waals surface area contributed by atoms with E-state index in [1.807, 2.05) is 0 Å². The molecule has 1 aromatic heterocycles.